The summed E-state index contributed by atoms with van der Waals surface area (Å²) in [7, 11) is 0. The van der Waals surface area contributed by atoms with Gasteiger partial charge in [-0.05, 0) is 42.5 Å². The molecule has 7 heteroatoms. The van der Waals surface area contributed by atoms with Crippen LogP contribution in [0.5, 0.6) is 0 Å². The van der Waals surface area contributed by atoms with Crippen molar-refractivity contribution in [1.29, 1.82) is 0 Å². The SMILES string of the molecule is C[C@H]1[C@@H](NC(=O)CSc2nnc(-c3ccco3)n2-c2ccccc2)CCC[C@@H]1C. The number of carbonyl (C=O) groups is 1. The van der Waals surface area contributed by atoms with Gasteiger partial charge < -0.3 is 9.73 Å². The lowest BCUT2D eigenvalue weighted by Gasteiger charge is -2.34. The zero-order chi connectivity index (χ0) is 20.2. The second kappa shape index (κ2) is 8.86. The Labute approximate surface area is 175 Å². The molecule has 1 saturated carbocycles. The summed E-state index contributed by atoms with van der Waals surface area (Å²) in [6, 6.07) is 13.8. The van der Waals surface area contributed by atoms with Crippen molar-refractivity contribution in [2.24, 2.45) is 11.8 Å². The second-order valence-corrected chi connectivity index (χ2v) is 8.63. The van der Waals surface area contributed by atoms with E-state index >= 15 is 0 Å². The molecule has 0 unspecified atom stereocenters. The molecule has 29 heavy (non-hydrogen) atoms. The topological polar surface area (TPSA) is 73.0 Å². The highest BCUT2D eigenvalue weighted by molar-refractivity contribution is 7.99. The Bertz CT molecular complexity index is 939. The maximum atomic E-state index is 12.6. The van der Waals surface area contributed by atoms with Gasteiger partial charge >= 0.3 is 0 Å². The van der Waals surface area contributed by atoms with Crippen molar-refractivity contribution in [3.8, 4) is 17.3 Å². The van der Waals surface area contributed by atoms with Crippen molar-refractivity contribution in [3.63, 3.8) is 0 Å². The number of nitrogens with zero attached hydrogens (tertiary/aromatic N) is 3. The summed E-state index contributed by atoms with van der Waals surface area (Å²) in [5.41, 5.74) is 0.932. The first-order valence-electron chi connectivity index (χ1n) is 10.1. The minimum atomic E-state index is 0.0445. The molecule has 1 aromatic carbocycles. The third-order valence-corrected chi connectivity index (χ3v) is 6.70. The van der Waals surface area contributed by atoms with Gasteiger partial charge in [0.05, 0.1) is 12.0 Å². The number of benzene rings is 1. The van der Waals surface area contributed by atoms with Crippen LogP contribution < -0.4 is 5.32 Å². The molecule has 0 spiro atoms. The highest BCUT2D eigenvalue weighted by Crippen LogP contribution is 2.30. The first kappa shape index (κ1) is 19.8. The van der Waals surface area contributed by atoms with Gasteiger partial charge in [0.2, 0.25) is 11.7 Å². The van der Waals surface area contributed by atoms with Crippen LogP contribution in [-0.4, -0.2) is 32.5 Å². The summed E-state index contributed by atoms with van der Waals surface area (Å²) in [6.07, 6.45) is 5.10. The number of furan rings is 1. The summed E-state index contributed by atoms with van der Waals surface area (Å²) in [5.74, 6) is 2.78. The molecule has 152 valence electrons. The molecule has 0 bridgehead atoms. The number of carbonyl (C=O) groups excluding carboxylic acids is 1. The van der Waals surface area contributed by atoms with Gasteiger partial charge in [0, 0.05) is 11.7 Å². The van der Waals surface area contributed by atoms with E-state index in [0.29, 0.717) is 34.3 Å². The lowest BCUT2D eigenvalue weighted by Crippen LogP contribution is -2.44. The van der Waals surface area contributed by atoms with E-state index in [1.54, 1.807) is 6.26 Å². The first-order valence-corrected chi connectivity index (χ1v) is 11.1. The van der Waals surface area contributed by atoms with E-state index in [2.05, 4.69) is 29.4 Å². The van der Waals surface area contributed by atoms with Crippen molar-refractivity contribution >= 4 is 17.7 Å². The molecule has 0 radical (unpaired) electrons. The molecule has 4 rings (SSSR count). The molecule has 1 fully saturated rings. The van der Waals surface area contributed by atoms with Gasteiger partial charge in [0.15, 0.2) is 10.9 Å². The lowest BCUT2D eigenvalue weighted by molar-refractivity contribution is -0.120. The fourth-order valence-electron chi connectivity index (χ4n) is 3.90. The van der Waals surface area contributed by atoms with E-state index in [1.807, 2.05) is 47.0 Å². The van der Waals surface area contributed by atoms with Gasteiger partial charge in [-0.1, -0.05) is 56.7 Å². The molecule has 0 saturated heterocycles. The molecule has 3 aromatic rings. The van der Waals surface area contributed by atoms with Crippen LogP contribution in [0.4, 0.5) is 0 Å². The maximum Gasteiger partial charge on any atom is 0.230 e. The van der Waals surface area contributed by atoms with Gasteiger partial charge in [-0.25, -0.2) is 0 Å². The molecule has 0 aliphatic heterocycles. The highest BCUT2D eigenvalue weighted by Gasteiger charge is 2.28. The third-order valence-electron chi connectivity index (χ3n) is 5.77. The van der Waals surface area contributed by atoms with Gasteiger partial charge in [0.25, 0.3) is 0 Å². The summed E-state index contributed by atoms with van der Waals surface area (Å²) in [6.45, 7) is 4.51. The second-order valence-electron chi connectivity index (χ2n) is 7.68. The quantitative estimate of drug-likeness (QED) is 0.603. The monoisotopic (exact) mass is 410 g/mol. The molecule has 1 amide bonds. The fourth-order valence-corrected chi connectivity index (χ4v) is 4.67. The Balaban J connectivity index is 1.50. The van der Waals surface area contributed by atoms with Crippen LogP contribution in [0.2, 0.25) is 0 Å². The number of nitrogens with one attached hydrogen (secondary N) is 1. The predicted octanol–water partition coefficient (Wildman–Crippen LogP) is 4.56. The average Bonchev–Trinajstić information content (AvgIpc) is 3.40. The van der Waals surface area contributed by atoms with Gasteiger partial charge in [0.1, 0.15) is 0 Å². The highest BCUT2D eigenvalue weighted by atomic mass is 32.2. The van der Waals surface area contributed by atoms with E-state index in [4.69, 9.17) is 4.42 Å². The standard InChI is InChI=1S/C22H26N4O2S/c1-15-8-6-11-18(16(15)2)23-20(27)14-29-22-25-24-21(19-12-7-13-28-19)26(22)17-9-4-3-5-10-17/h3-5,7,9-10,12-13,15-16,18H,6,8,11,14H2,1-2H3,(H,23,27)/t15-,16+,18-/m0/s1. The molecule has 6 nitrogen and oxygen atoms in total. The fraction of sp³-hybridized carbons (Fsp3) is 0.409. The largest absolute Gasteiger partial charge is 0.461 e. The molecule has 3 atom stereocenters. The Morgan fingerprint density at radius 3 is 2.76 bits per heavy atom. The van der Waals surface area contributed by atoms with Crippen LogP contribution in [0, 0.1) is 11.8 Å². The molecule has 1 aliphatic rings. The zero-order valence-electron chi connectivity index (χ0n) is 16.7. The van der Waals surface area contributed by atoms with E-state index in [-0.39, 0.29) is 11.9 Å². The number of thioether (sulfide) groups is 1. The number of hydrogen-bond donors (Lipinski definition) is 1. The number of aromatic nitrogens is 3. The smallest absolute Gasteiger partial charge is 0.230 e. The van der Waals surface area contributed by atoms with E-state index < -0.39 is 0 Å². The van der Waals surface area contributed by atoms with Crippen LogP contribution in [0.25, 0.3) is 17.3 Å². The number of rotatable bonds is 6. The molecule has 1 aliphatic carbocycles. The van der Waals surface area contributed by atoms with Crippen molar-refractivity contribution in [1.82, 2.24) is 20.1 Å². The summed E-state index contributed by atoms with van der Waals surface area (Å²) >= 11 is 1.39. The van der Waals surface area contributed by atoms with Crippen molar-refractivity contribution in [2.45, 2.75) is 44.3 Å². The first-order chi connectivity index (χ1) is 14.1. The van der Waals surface area contributed by atoms with Crippen LogP contribution in [0.15, 0.2) is 58.3 Å². The van der Waals surface area contributed by atoms with Crippen LogP contribution in [0.1, 0.15) is 33.1 Å². The molecule has 2 aromatic heterocycles. The molecular weight excluding hydrogens is 384 g/mol. The lowest BCUT2D eigenvalue weighted by atomic mass is 9.78. The van der Waals surface area contributed by atoms with Gasteiger partial charge in [-0.2, -0.15) is 0 Å². The number of hydrogen-bond acceptors (Lipinski definition) is 5. The Hall–Kier alpha value is -2.54. The average molecular weight is 411 g/mol. The van der Waals surface area contributed by atoms with Crippen molar-refractivity contribution in [2.75, 3.05) is 5.75 Å². The zero-order valence-corrected chi connectivity index (χ0v) is 17.6. The normalized spacial score (nSPS) is 21.8. The number of amides is 1. The van der Waals surface area contributed by atoms with E-state index in [0.717, 1.165) is 12.1 Å². The van der Waals surface area contributed by atoms with E-state index in [1.165, 1.54) is 24.6 Å². The van der Waals surface area contributed by atoms with Gasteiger partial charge in [-0.15, -0.1) is 10.2 Å². The van der Waals surface area contributed by atoms with Crippen LogP contribution in [0.3, 0.4) is 0 Å². The molecule has 2 heterocycles. The van der Waals surface area contributed by atoms with Crippen molar-refractivity contribution < 1.29 is 9.21 Å². The molecule has 1 N–H and O–H groups in total. The minimum absolute atomic E-state index is 0.0445. The predicted molar refractivity (Wildman–Crippen MR) is 114 cm³/mol. The Kier molecular flexibility index (Phi) is 6.04. The third kappa shape index (κ3) is 4.40. The minimum Gasteiger partial charge on any atom is -0.461 e. The summed E-state index contributed by atoms with van der Waals surface area (Å²) in [4.78, 5) is 12.6. The summed E-state index contributed by atoms with van der Waals surface area (Å²) < 4.78 is 7.46. The Morgan fingerprint density at radius 2 is 2.00 bits per heavy atom. The summed E-state index contributed by atoms with van der Waals surface area (Å²) in [5, 5.41) is 12.5. The maximum absolute atomic E-state index is 12.6. The van der Waals surface area contributed by atoms with E-state index in [9.17, 15) is 4.79 Å². The van der Waals surface area contributed by atoms with Crippen LogP contribution in [-0.2, 0) is 4.79 Å². The Morgan fingerprint density at radius 1 is 1.17 bits per heavy atom. The number of para-hydroxylation sites is 1. The van der Waals surface area contributed by atoms with Crippen LogP contribution >= 0.6 is 11.8 Å². The molecular formula is C22H26N4O2S. The van der Waals surface area contributed by atoms with Crippen molar-refractivity contribution in [3.05, 3.63) is 48.7 Å². The van der Waals surface area contributed by atoms with Gasteiger partial charge in [-0.3, -0.25) is 9.36 Å².